The van der Waals surface area contributed by atoms with Gasteiger partial charge >= 0.3 is 0 Å². The zero-order valence-corrected chi connectivity index (χ0v) is 19.7. The molecular weight excluding hydrogens is 451 g/mol. The first-order chi connectivity index (χ1) is 11.0. The van der Waals surface area contributed by atoms with Gasteiger partial charge in [-0.3, -0.25) is 9.89 Å². The van der Waals surface area contributed by atoms with Crippen molar-refractivity contribution in [3.8, 4) is 0 Å². The lowest BCUT2D eigenvalue weighted by atomic mass is 10.1. The van der Waals surface area contributed by atoms with Crippen LogP contribution in [0.3, 0.4) is 0 Å². The van der Waals surface area contributed by atoms with Crippen LogP contribution in [0.1, 0.15) is 39.3 Å². The highest BCUT2D eigenvalue weighted by Gasteiger charge is 2.20. The Kier molecular flexibility index (Phi) is 12.4. The second-order valence-corrected chi connectivity index (χ2v) is 8.36. The Morgan fingerprint density at radius 1 is 1.33 bits per heavy atom. The quantitative estimate of drug-likeness (QED) is 0.315. The highest BCUT2D eigenvalue weighted by Crippen LogP contribution is 2.22. The van der Waals surface area contributed by atoms with E-state index in [0.717, 1.165) is 32.1 Å². The van der Waals surface area contributed by atoms with Crippen molar-refractivity contribution in [3.63, 3.8) is 0 Å². The summed E-state index contributed by atoms with van der Waals surface area (Å²) in [7, 11) is 1.83. The van der Waals surface area contributed by atoms with Gasteiger partial charge in [0.2, 0.25) is 0 Å². The lowest BCUT2D eigenvalue weighted by molar-refractivity contribution is 0.219. The minimum Gasteiger partial charge on any atom is -0.355 e. The van der Waals surface area contributed by atoms with E-state index in [0.29, 0.717) is 6.04 Å². The van der Waals surface area contributed by atoms with E-state index in [-0.39, 0.29) is 28.7 Å². The first kappa shape index (κ1) is 24.0. The second kappa shape index (κ2) is 12.4. The Morgan fingerprint density at radius 2 is 2.00 bits per heavy atom. The number of halogens is 1. The zero-order valence-electron chi connectivity index (χ0n) is 15.8. The maximum atomic E-state index is 4.36. The summed E-state index contributed by atoms with van der Waals surface area (Å²) in [5, 5.41) is 11.3. The van der Waals surface area contributed by atoms with Crippen LogP contribution in [0, 0.1) is 0 Å². The molecule has 0 aliphatic rings. The summed E-state index contributed by atoms with van der Waals surface area (Å²) in [6, 6.07) is 2.60. The molecule has 1 atom stereocenters. The van der Waals surface area contributed by atoms with Crippen molar-refractivity contribution in [2.75, 3.05) is 39.5 Å². The fourth-order valence-electron chi connectivity index (χ4n) is 2.37. The van der Waals surface area contributed by atoms with E-state index in [1.807, 2.05) is 18.8 Å². The lowest BCUT2D eigenvalue weighted by Gasteiger charge is -2.30. The van der Waals surface area contributed by atoms with Gasteiger partial charge in [-0.1, -0.05) is 13.8 Å². The molecule has 1 aromatic rings. The molecule has 0 saturated heterocycles. The molecule has 1 unspecified atom stereocenters. The Balaban J connectivity index is 0.00000529. The number of thioether (sulfide) groups is 1. The summed E-state index contributed by atoms with van der Waals surface area (Å²) in [6.45, 7) is 12.8. The molecule has 0 bridgehead atoms. The van der Waals surface area contributed by atoms with E-state index in [9.17, 15) is 0 Å². The molecule has 1 aromatic heterocycles. The average molecular weight is 485 g/mol. The summed E-state index contributed by atoms with van der Waals surface area (Å²) in [6.07, 6.45) is 2.14. The van der Waals surface area contributed by atoms with Crippen molar-refractivity contribution in [3.05, 3.63) is 22.4 Å². The number of nitrogens with one attached hydrogen (secondary N) is 2. The van der Waals surface area contributed by atoms with E-state index in [4.69, 9.17) is 0 Å². The molecule has 4 nitrogen and oxygen atoms in total. The molecule has 0 fully saturated rings. The van der Waals surface area contributed by atoms with Crippen LogP contribution in [-0.4, -0.2) is 55.1 Å². The van der Waals surface area contributed by atoms with Gasteiger partial charge in [0, 0.05) is 24.9 Å². The van der Waals surface area contributed by atoms with Crippen LogP contribution in [0.25, 0.3) is 0 Å². The molecule has 1 heterocycles. The molecule has 24 heavy (non-hydrogen) atoms. The minimum atomic E-state index is 0. The normalized spacial score (nSPS) is 13.5. The Bertz CT molecular complexity index is 459. The summed E-state index contributed by atoms with van der Waals surface area (Å²) >= 11 is 3.62. The molecule has 0 saturated carbocycles. The van der Waals surface area contributed by atoms with Gasteiger partial charge in [-0.25, -0.2) is 0 Å². The summed E-state index contributed by atoms with van der Waals surface area (Å²) < 4.78 is 0.198. The van der Waals surface area contributed by atoms with Crippen LogP contribution in [0.2, 0.25) is 0 Å². The molecule has 140 valence electrons. The summed E-state index contributed by atoms with van der Waals surface area (Å²) in [4.78, 5) is 6.84. The lowest BCUT2D eigenvalue weighted by Crippen LogP contribution is -2.46. The zero-order chi connectivity index (χ0) is 17.3. The molecular formula is C17H33IN4S2. The molecule has 0 aliphatic heterocycles. The van der Waals surface area contributed by atoms with Crippen LogP contribution in [0.15, 0.2) is 21.8 Å². The van der Waals surface area contributed by atoms with Gasteiger partial charge in [0.1, 0.15) is 0 Å². The number of hydrogen-bond acceptors (Lipinski definition) is 4. The number of likely N-dealkylation sites (N-methyl/N-ethyl adjacent to an activating group) is 1. The van der Waals surface area contributed by atoms with E-state index >= 15 is 0 Å². The van der Waals surface area contributed by atoms with Crippen LogP contribution in [0.4, 0.5) is 0 Å². The Hall–Kier alpha value is 0.01000. The van der Waals surface area contributed by atoms with E-state index in [1.54, 1.807) is 11.3 Å². The van der Waals surface area contributed by atoms with Crippen molar-refractivity contribution in [1.82, 2.24) is 15.5 Å². The molecule has 0 spiro atoms. The number of guanidine groups is 1. The maximum Gasteiger partial charge on any atom is 0.191 e. The molecule has 0 amide bonds. The number of aliphatic imine (C=N–C) groups is 1. The fraction of sp³-hybridized carbons (Fsp3) is 0.706. The van der Waals surface area contributed by atoms with Gasteiger partial charge in [0.05, 0.1) is 6.04 Å². The Labute approximate surface area is 173 Å². The molecule has 0 aromatic carbocycles. The van der Waals surface area contributed by atoms with Crippen molar-refractivity contribution in [2.24, 2.45) is 4.99 Å². The van der Waals surface area contributed by atoms with Gasteiger partial charge < -0.3 is 10.6 Å². The SMILES string of the molecule is CCN(CC)C(CNC(=NC)NCC(C)(C)SC)c1ccsc1.I. The summed E-state index contributed by atoms with van der Waals surface area (Å²) in [5.41, 5.74) is 1.38. The third-order valence-corrected chi connectivity index (χ3v) is 6.05. The smallest absolute Gasteiger partial charge is 0.191 e. The summed E-state index contributed by atoms with van der Waals surface area (Å²) in [5.74, 6) is 0.875. The first-order valence-corrected chi connectivity index (χ1v) is 10.4. The van der Waals surface area contributed by atoms with Crippen LogP contribution in [0.5, 0.6) is 0 Å². The second-order valence-electron chi connectivity index (χ2n) is 6.06. The van der Waals surface area contributed by atoms with E-state index in [2.05, 4.69) is 71.3 Å². The van der Waals surface area contributed by atoms with Crippen molar-refractivity contribution >= 4 is 53.0 Å². The number of thiophene rings is 1. The first-order valence-electron chi connectivity index (χ1n) is 8.23. The predicted octanol–water partition coefficient (Wildman–Crippen LogP) is 4.06. The third-order valence-electron chi connectivity index (χ3n) is 4.10. The van der Waals surface area contributed by atoms with E-state index in [1.165, 1.54) is 5.56 Å². The largest absolute Gasteiger partial charge is 0.355 e. The maximum absolute atomic E-state index is 4.36. The van der Waals surface area contributed by atoms with Gasteiger partial charge in [-0.15, -0.1) is 24.0 Å². The highest BCUT2D eigenvalue weighted by atomic mass is 127. The predicted molar refractivity (Wildman–Crippen MR) is 122 cm³/mol. The fourth-order valence-corrected chi connectivity index (χ4v) is 3.29. The van der Waals surface area contributed by atoms with Gasteiger partial charge in [0.25, 0.3) is 0 Å². The number of hydrogen-bond donors (Lipinski definition) is 2. The average Bonchev–Trinajstić information content (AvgIpc) is 3.08. The van der Waals surface area contributed by atoms with Crippen molar-refractivity contribution in [2.45, 2.75) is 38.5 Å². The number of rotatable bonds is 9. The minimum absolute atomic E-state index is 0. The topological polar surface area (TPSA) is 39.7 Å². The monoisotopic (exact) mass is 484 g/mol. The molecule has 0 aliphatic carbocycles. The van der Waals surface area contributed by atoms with Crippen molar-refractivity contribution in [1.29, 1.82) is 0 Å². The third kappa shape index (κ3) is 7.93. The highest BCUT2D eigenvalue weighted by molar-refractivity contribution is 14.0. The number of nitrogens with zero attached hydrogens (tertiary/aromatic N) is 2. The van der Waals surface area contributed by atoms with Crippen LogP contribution < -0.4 is 10.6 Å². The molecule has 1 rings (SSSR count). The van der Waals surface area contributed by atoms with Crippen LogP contribution in [-0.2, 0) is 0 Å². The Morgan fingerprint density at radius 3 is 2.46 bits per heavy atom. The van der Waals surface area contributed by atoms with Gasteiger partial charge in [0.15, 0.2) is 5.96 Å². The van der Waals surface area contributed by atoms with Gasteiger partial charge in [-0.05, 0) is 55.6 Å². The molecule has 7 heteroatoms. The van der Waals surface area contributed by atoms with Crippen LogP contribution >= 0.6 is 47.1 Å². The molecule has 2 N–H and O–H groups in total. The van der Waals surface area contributed by atoms with E-state index < -0.39 is 0 Å². The van der Waals surface area contributed by atoms with Gasteiger partial charge in [-0.2, -0.15) is 23.1 Å². The molecule has 0 radical (unpaired) electrons. The standard InChI is InChI=1S/C17H32N4S2.HI/c1-7-21(8-2)15(14-9-10-23-12-14)11-19-16(18-5)20-13-17(3,4)22-6;/h9-10,12,15H,7-8,11,13H2,1-6H3,(H2,18,19,20);1H. The van der Waals surface area contributed by atoms with Crippen molar-refractivity contribution < 1.29 is 0 Å².